The molecule has 0 saturated heterocycles. The van der Waals surface area contributed by atoms with Crippen molar-refractivity contribution in [3.63, 3.8) is 0 Å². The first-order valence-electron chi connectivity index (χ1n) is 4.80. The topological polar surface area (TPSA) is 92.9 Å². The summed E-state index contributed by atoms with van der Waals surface area (Å²) >= 11 is 0. The summed E-state index contributed by atoms with van der Waals surface area (Å²) in [6, 6.07) is 0. The Balaban J connectivity index is 2.37. The number of carbonyl (C=O) groups is 1. The average molecular weight is 209 g/mol. The zero-order valence-electron chi connectivity index (χ0n) is 8.66. The molecule has 1 rings (SSSR count). The van der Waals surface area contributed by atoms with Gasteiger partial charge in [-0.1, -0.05) is 6.92 Å². The van der Waals surface area contributed by atoms with Gasteiger partial charge >= 0.3 is 0 Å². The number of rotatable bonds is 5. The molecule has 0 aromatic carbocycles. The fraction of sp³-hybridized carbons (Fsp3) is 0.444. The summed E-state index contributed by atoms with van der Waals surface area (Å²) in [5.74, 6) is 0.409. The molecule has 0 saturated carbocycles. The summed E-state index contributed by atoms with van der Waals surface area (Å²) in [6.07, 6.45) is 3.78. The Morgan fingerprint density at radius 3 is 3.07 bits per heavy atom. The first-order chi connectivity index (χ1) is 7.24. The van der Waals surface area contributed by atoms with Crippen LogP contribution in [0, 0.1) is 0 Å². The van der Waals surface area contributed by atoms with E-state index in [1.165, 1.54) is 12.5 Å². The first-order valence-corrected chi connectivity index (χ1v) is 4.80. The number of carbonyl (C=O) groups excluding carboxylic acids is 1. The predicted octanol–water partition coefficient (Wildman–Crippen LogP) is -0.00310. The molecule has 0 fully saturated rings. The second kappa shape index (κ2) is 5.79. The molecule has 1 amide bonds. The second-order valence-electron chi connectivity index (χ2n) is 3.03. The van der Waals surface area contributed by atoms with Crippen LogP contribution in [0.5, 0.6) is 0 Å². The summed E-state index contributed by atoms with van der Waals surface area (Å²) in [4.78, 5) is 18.9. The highest BCUT2D eigenvalue weighted by Crippen LogP contribution is 2.10. The van der Waals surface area contributed by atoms with Crippen molar-refractivity contribution >= 4 is 17.4 Å². The first kappa shape index (κ1) is 11.2. The van der Waals surface area contributed by atoms with Gasteiger partial charge in [0.05, 0.1) is 18.4 Å². The Morgan fingerprint density at radius 2 is 2.40 bits per heavy atom. The molecule has 1 heterocycles. The van der Waals surface area contributed by atoms with Gasteiger partial charge in [0.2, 0.25) is 5.91 Å². The van der Waals surface area contributed by atoms with E-state index in [1.807, 2.05) is 6.92 Å². The van der Waals surface area contributed by atoms with Crippen LogP contribution < -0.4 is 16.4 Å². The summed E-state index contributed by atoms with van der Waals surface area (Å²) in [5, 5.41) is 5.57. The van der Waals surface area contributed by atoms with Crippen LogP contribution >= 0.6 is 0 Å². The monoisotopic (exact) mass is 209 g/mol. The van der Waals surface area contributed by atoms with E-state index in [1.54, 1.807) is 0 Å². The van der Waals surface area contributed by atoms with Gasteiger partial charge in [0.25, 0.3) is 0 Å². The third-order valence-electron chi connectivity index (χ3n) is 1.73. The summed E-state index contributed by atoms with van der Waals surface area (Å²) in [6.45, 7) is 2.84. The second-order valence-corrected chi connectivity index (χ2v) is 3.03. The molecule has 15 heavy (non-hydrogen) atoms. The van der Waals surface area contributed by atoms with Crippen LogP contribution in [0.1, 0.15) is 13.3 Å². The quantitative estimate of drug-likeness (QED) is 0.634. The van der Waals surface area contributed by atoms with Crippen molar-refractivity contribution in [2.24, 2.45) is 0 Å². The zero-order valence-corrected chi connectivity index (χ0v) is 8.66. The molecule has 4 N–H and O–H groups in total. The van der Waals surface area contributed by atoms with Crippen molar-refractivity contribution in [3.05, 3.63) is 12.5 Å². The molecule has 0 aliphatic rings. The zero-order chi connectivity index (χ0) is 11.1. The van der Waals surface area contributed by atoms with Gasteiger partial charge < -0.3 is 16.4 Å². The van der Waals surface area contributed by atoms with Crippen molar-refractivity contribution < 1.29 is 4.79 Å². The molecule has 0 bridgehead atoms. The van der Waals surface area contributed by atoms with E-state index in [0.717, 1.165) is 6.42 Å². The number of anilines is 2. The molecule has 82 valence electrons. The highest BCUT2D eigenvalue weighted by Gasteiger charge is 2.02. The molecule has 1 aromatic heterocycles. The minimum absolute atomic E-state index is 0.0742. The molecule has 0 aliphatic heterocycles. The van der Waals surface area contributed by atoms with E-state index >= 15 is 0 Å². The standard InChI is InChI=1S/C9H15N5O/c1-2-3-12-8(15)5-13-9-7(10)4-11-6-14-9/h4,6H,2-3,5,10H2,1H3,(H,12,15)(H,11,13,14). The van der Waals surface area contributed by atoms with Crippen LogP contribution in [0.25, 0.3) is 0 Å². The molecule has 1 aromatic rings. The lowest BCUT2D eigenvalue weighted by Gasteiger charge is -2.07. The number of nitrogens with two attached hydrogens (primary N) is 1. The summed E-state index contributed by atoms with van der Waals surface area (Å²) in [5.41, 5.74) is 6.02. The van der Waals surface area contributed by atoms with E-state index in [9.17, 15) is 4.79 Å². The maximum Gasteiger partial charge on any atom is 0.239 e. The van der Waals surface area contributed by atoms with E-state index < -0.39 is 0 Å². The molecule has 0 aliphatic carbocycles. The van der Waals surface area contributed by atoms with Gasteiger partial charge in [-0.25, -0.2) is 9.97 Å². The van der Waals surface area contributed by atoms with Crippen LogP contribution in [-0.4, -0.2) is 29.0 Å². The highest BCUT2D eigenvalue weighted by molar-refractivity contribution is 5.81. The Hall–Kier alpha value is -1.85. The largest absolute Gasteiger partial charge is 0.394 e. The average Bonchev–Trinajstić information content (AvgIpc) is 2.25. The molecule has 6 nitrogen and oxygen atoms in total. The molecule has 0 unspecified atom stereocenters. The molecular formula is C9H15N5O. The summed E-state index contributed by atoms with van der Waals surface area (Å²) in [7, 11) is 0. The van der Waals surface area contributed by atoms with Gasteiger partial charge in [0.15, 0.2) is 5.82 Å². The molecule has 0 radical (unpaired) electrons. The fourth-order valence-electron chi connectivity index (χ4n) is 0.979. The number of hydrogen-bond donors (Lipinski definition) is 3. The maximum absolute atomic E-state index is 11.2. The molecular weight excluding hydrogens is 194 g/mol. The normalized spacial score (nSPS) is 9.67. The van der Waals surface area contributed by atoms with Crippen molar-refractivity contribution in [1.29, 1.82) is 0 Å². The highest BCUT2D eigenvalue weighted by atomic mass is 16.1. The van der Waals surface area contributed by atoms with Crippen LogP contribution in [0.2, 0.25) is 0 Å². The van der Waals surface area contributed by atoms with Crippen LogP contribution in [0.3, 0.4) is 0 Å². The van der Waals surface area contributed by atoms with E-state index in [2.05, 4.69) is 20.6 Å². The van der Waals surface area contributed by atoms with Gasteiger partial charge in [-0.3, -0.25) is 4.79 Å². The smallest absolute Gasteiger partial charge is 0.239 e. The number of nitrogens with zero attached hydrogens (tertiary/aromatic N) is 2. The van der Waals surface area contributed by atoms with Crippen LogP contribution in [0.15, 0.2) is 12.5 Å². The Kier molecular flexibility index (Phi) is 4.33. The lowest BCUT2D eigenvalue weighted by molar-refractivity contribution is -0.119. The number of nitrogens with one attached hydrogen (secondary N) is 2. The third-order valence-corrected chi connectivity index (χ3v) is 1.73. The van der Waals surface area contributed by atoms with Gasteiger partial charge in [0.1, 0.15) is 6.33 Å². The predicted molar refractivity (Wildman–Crippen MR) is 58.2 cm³/mol. The van der Waals surface area contributed by atoms with Crippen LogP contribution in [-0.2, 0) is 4.79 Å². The Morgan fingerprint density at radius 1 is 1.60 bits per heavy atom. The van der Waals surface area contributed by atoms with Crippen molar-refractivity contribution in [2.75, 3.05) is 24.1 Å². The van der Waals surface area contributed by atoms with Gasteiger partial charge in [-0.05, 0) is 6.42 Å². The SMILES string of the molecule is CCCNC(=O)CNc1ncncc1N. The fourth-order valence-corrected chi connectivity index (χ4v) is 0.979. The lowest BCUT2D eigenvalue weighted by Crippen LogP contribution is -2.30. The van der Waals surface area contributed by atoms with Gasteiger partial charge in [-0.15, -0.1) is 0 Å². The summed E-state index contributed by atoms with van der Waals surface area (Å²) < 4.78 is 0. The van der Waals surface area contributed by atoms with E-state index in [0.29, 0.717) is 18.1 Å². The maximum atomic E-state index is 11.2. The number of nitrogen functional groups attached to an aromatic ring is 1. The minimum atomic E-state index is -0.0742. The van der Waals surface area contributed by atoms with Crippen molar-refractivity contribution in [2.45, 2.75) is 13.3 Å². The Labute approximate surface area is 88.3 Å². The number of hydrogen-bond acceptors (Lipinski definition) is 5. The number of aromatic nitrogens is 2. The van der Waals surface area contributed by atoms with Crippen molar-refractivity contribution in [3.8, 4) is 0 Å². The third kappa shape index (κ3) is 3.80. The Bertz CT molecular complexity index is 328. The van der Waals surface area contributed by atoms with E-state index in [4.69, 9.17) is 5.73 Å². The van der Waals surface area contributed by atoms with Crippen LogP contribution in [0.4, 0.5) is 11.5 Å². The lowest BCUT2D eigenvalue weighted by atomic mass is 10.4. The van der Waals surface area contributed by atoms with Gasteiger partial charge in [0, 0.05) is 6.54 Å². The van der Waals surface area contributed by atoms with E-state index in [-0.39, 0.29) is 12.5 Å². The van der Waals surface area contributed by atoms with Crippen molar-refractivity contribution in [1.82, 2.24) is 15.3 Å². The molecule has 0 atom stereocenters. The molecule has 6 heteroatoms. The minimum Gasteiger partial charge on any atom is -0.394 e. The molecule has 0 spiro atoms. The number of amides is 1. The van der Waals surface area contributed by atoms with Gasteiger partial charge in [-0.2, -0.15) is 0 Å².